The van der Waals surface area contributed by atoms with E-state index in [-0.39, 0.29) is 0 Å². The largest absolute Gasteiger partial charge is 0.312 e. The minimum Gasteiger partial charge on any atom is -0.312 e. The van der Waals surface area contributed by atoms with Crippen LogP contribution in [0, 0.1) is 0 Å². The van der Waals surface area contributed by atoms with Crippen molar-refractivity contribution >= 4 is 15.9 Å². The van der Waals surface area contributed by atoms with Gasteiger partial charge in [0, 0.05) is 53.4 Å². The van der Waals surface area contributed by atoms with E-state index in [0.717, 1.165) is 35.4 Å². The molecular formula is C15H15BrN4. The molecule has 3 heterocycles. The Balaban J connectivity index is 1.86. The molecule has 0 atom stereocenters. The van der Waals surface area contributed by atoms with E-state index in [2.05, 4.69) is 26.2 Å². The number of halogens is 1. The minimum atomic E-state index is 0.644. The fourth-order valence-electron chi connectivity index (χ4n) is 2.73. The second kappa shape index (κ2) is 4.90. The van der Waals surface area contributed by atoms with Crippen LogP contribution < -0.4 is 5.32 Å². The second-order valence-electron chi connectivity index (χ2n) is 5.45. The van der Waals surface area contributed by atoms with E-state index in [9.17, 15) is 0 Å². The summed E-state index contributed by atoms with van der Waals surface area (Å²) in [5.74, 6) is 1.46. The molecule has 0 unspecified atom stereocenters. The fourth-order valence-corrected chi connectivity index (χ4v) is 3.09. The molecule has 1 N–H and O–H groups in total. The fraction of sp³-hybridized carbons (Fsp3) is 0.400. The van der Waals surface area contributed by atoms with Gasteiger partial charge in [0.1, 0.15) is 0 Å². The molecule has 0 radical (unpaired) electrons. The standard InChI is InChI=1S/C15H15BrN4/c16-11-5-10(6-18-7-11)15-19-13-3-4-17-8-12(13)14(20-15)9-1-2-9/h5-7,9,17H,1-4,8H2. The second-order valence-corrected chi connectivity index (χ2v) is 6.37. The number of nitrogens with one attached hydrogen (secondary N) is 1. The molecule has 102 valence electrons. The quantitative estimate of drug-likeness (QED) is 0.919. The molecule has 1 fully saturated rings. The molecule has 1 saturated carbocycles. The molecule has 2 aromatic heterocycles. The molecule has 5 heteroatoms. The van der Waals surface area contributed by atoms with E-state index in [1.807, 2.05) is 12.3 Å². The van der Waals surface area contributed by atoms with E-state index >= 15 is 0 Å². The Bertz CT molecular complexity index is 667. The van der Waals surface area contributed by atoms with Crippen molar-refractivity contribution in [1.82, 2.24) is 20.3 Å². The van der Waals surface area contributed by atoms with Crippen LogP contribution in [0.1, 0.15) is 35.7 Å². The number of fused-ring (bicyclic) bond motifs is 1. The summed E-state index contributed by atoms with van der Waals surface area (Å²) in [6.07, 6.45) is 7.14. The Morgan fingerprint density at radius 3 is 2.90 bits per heavy atom. The van der Waals surface area contributed by atoms with Crippen LogP contribution in [0.3, 0.4) is 0 Å². The zero-order chi connectivity index (χ0) is 13.5. The van der Waals surface area contributed by atoms with Crippen LogP contribution in [-0.4, -0.2) is 21.5 Å². The van der Waals surface area contributed by atoms with Crippen molar-refractivity contribution < 1.29 is 0 Å². The highest BCUT2D eigenvalue weighted by Gasteiger charge is 2.30. The highest BCUT2D eigenvalue weighted by molar-refractivity contribution is 9.10. The third-order valence-electron chi connectivity index (χ3n) is 3.89. The number of hydrogen-bond donors (Lipinski definition) is 1. The molecule has 2 aliphatic rings. The summed E-state index contributed by atoms with van der Waals surface area (Å²) < 4.78 is 0.964. The summed E-state index contributed by atoms with van der Waals surface area (Å²) in [6.45, 7) is 1.92. The lowest BCUT2D eigenvalue weighted by Crippen LogP contribution is -2.26. The average molecular weight is 331 g/mol. The van der Waals surface area contributed by atoms with Crippen LogP contribution in [0.4, 0.5) is 0 Å². The topological polar surface area (TPSA) is 50.7 Å². The summed E-state index contributed by atoms with van der Waals surface area (Å²) in [6, 6.07) is 2.03. The highest BCUT2D eigenvalue weighted by atomic mass is 79.9. The monoisotopic (exact) mass is 330 g/mol. The Morgan fingerprint density at radius 1 is 1.20 bits per heavy atom. The lowest BCUT2D eigenvalue weighted by Gasteiger charge is -2.20. The maximum atomic E-state index is 4.85. The summed E-state index contributed by atoms with van der Waals surface area (Å²) in [4.78, 5) is 13.9. The number of hydrogen-bond acceptors (Lipinski definition) is 4. The van der Waals surface area contributed by atoms with Gasteiger partial charge in [-0.15, -0.1) is 0 Å². The summed E-state index contributed by atoms with van der Waals surface area (Å²) in [5.41, 5.74) is 4.81. The summed E-state index contributed by atoms with van der Waals surface area (Å²) >= 11 is 3.47. The Hall–Kier alpha value is -1.33. The predicted molar refractivity (Wildman–Crippen MR) is 80.3 cm³/mol. The molecule has 2 aromatic rings. The highest BCUT2D eigenvalue weighted by Crippen LogP contribution is 2.42. The zero-order valence-electron chi connectivity index (χ0n) is 11.1. The van der Waals surface area contributed by atoms with Gasteiger partial charge in [-0.05, 0) is 34.8 Å². The van der Waals surface area contributed by atoms with Crippen LogP contribution in [0.25, 0.3) is 11.4 Å². The van der Waals surface area contributed by atoms with Crippen LogP contribution in [0.15, 0.2) is 22.9 Å². The maximum absolute atomic E-state index is 4.85. The summed E-state index contributed by atoms with van der Waals surface area (Å²) in [7, 11) is 0. The van der Waals surface area contributed by atoms with Crippen molar-refractivity contribution in [2.24, 2.45) is 0 Å². The molecule has 20 heavy (non-hydrogen) atoms. The zero-order valence-corrected chi connectivity index (χ0v) is 12.7. The van der Waals surface area contributed by atoms with E-state index in [1.54, 1.807) is 6.20 Å². The maximum Gasteiger partial charge on any atom is 0.161 e. The average Bonchev–Trinajstić information content (AvgIpc) is 3.31. The molecular weight excluding hydrogens is 316 g/mol. The molecule has 0 aromatic carbocycles. The van der Waals surface area contributed by atoms with Crippen LogP contribution >= 0.6 is 15.9 Å². The molecule has 4 nitrogen and oxygen atoms in total. The molecule has 0 amide bonds. The van der Waals surface area contributed by atoms with E-state index in [0.29, 0.717) is 5.92 Å². The van der Waals surface area contributed by atoms with Crippen LogP contribution in [0.5, 0.6) is 0 Å². The number of aromatic nitrogens is 3. The first-order chi connectivity index (χ1) is 9.81. The van der Waals surface area contributed by atoms with E-state index in [4.69, 9.17) is 9.97 Å². The molecule has 1 aliphatic heterocycles. The van der Waals surface area contributed by atoms with Gasteiger partial charge < -0.3 is 5.32 Å². The SMILES string of the molecule is Brc1cncc(-c2nc3c(c(C4CC4)n2)CNCC3)c1. The van der Waals surface area contributed by atoms with Crippen molar-refractivity contribution in [3.8, 4) is 11.4 Å². The molecule has 0 spiro atoms. The number of nitrogens with zero attached hydrogens (tertiary/aromatic N) is 3. The van der Waals surface area contributed by atoms with E-state index in [1.165, 1.54) is 29.8 Å². The first-order valence-corrected chi connectivity index (χ1v) is 7.82. The summed E-state index contributed by atoms with van der Waals surface area (Å²) in [5, 5.41) is 3.43. The van der Waals surface area contributed by atoms with Crippen LogP contribution in [-0.2, 0) is 13.0 Å². The Kier molecular flexibility index (Phi) is 3.04. The third kappa shape index (κ3) is 2.25. The number of rotatable bonds is 2. The third-order valence-corrected chi connectivity index (χ3v) is 4.33. The van der Waals surface area contributed by atoms with Gasteiger partial charge in [-0.3, -0.25) is 4.98 Å². The van der Waals surface area contributed by atoms with Crippen molar-refractivity contribution in [3.63, 3.8) is 0 Å². The minimum absolute atomic E-state index is 0.644. The van der Waals surface area contributed by atoms with Crippen molar-refractivity contribution in [3.05, 3.63) is 39.9 Å². The van der Waals surface area contributed by atoms with Crippen LogP contribution in [0.2, 0.25) is 0 Å². The molecule has 1 aliphatic carbocycles. The molecule has 0 saturated heterocycles. The van der Waals surface area contributed by atoms with Crippen molar-refractivity contribution in [1.29, 1.82) is 0 Å². The predicted octanol–water partition coefficient (Wildman–Crippen LogP) is 2.82. The van der Waals surface area contributed by atoms with E-state index < -0.39 is 0 Å². The van der Waals surface area contributed by atoms with Gasteiger partial charge in [0.25, 0.3) is 0 Å². The van der Waals surface area contributed by atoms with Gasteiger partial charge in [-0.1, -0.05) is 0 Å². The Labute approximate surface area is 126 Å². The van der Waals surface area contributed by atoms with Gasteiger partial charge in [-0.25, -0.2) is 9.97 Å². The van der Waals surface area contributed by atoms with Gasteiger partial charge in [0.15, 0.2) is 5.82 Å². The number of pyridine rings is 1. The first-order valence-electron chi connectivity index (χ1n) is 7.02. The van der Waals surface area contributed by atoms with Gasteiger partial charge in [-0.2, -0.15) is 0 Å². The Morgan fingerprint density at radius 2 is 2.10 bits per heavy atom. The van der Waals surface area contributed by atoms with Gasteiger partial charge in [0.05, 0.1) is 11.4 Å². The smallest absolute Gasteiger partial charge is 0.161 e. The normalized spacial score (nSPS) is 17.9. The van der Waals surface area contributed by atoms with Gasteiger partial charge in [0.2, 0.25) is 0 Å². The van der Waals surface area contributed by atoms with Gasteiger partial charge >= 0.3 is 0 Å². The molecule has 4 rings (SSSR count). The van der Waals surface area contributed by atoms with Crippen molar-refractivity contribution in [2.75, 3.05) is 6.54 Å². The lowest BCUT2D eigenvalue weighted by atomic mass is 10.0. The first kappa shape index (κ1) is 12.4. The lowest BCUT2D eigenvalue weighted by molar-refractivity contribution is 0.617. The van der Waals surface area contributed by atoms with Crippen molar-refractivity contribution in [2.45, 2.75) is 31.7 Å². The molecule has 0 bridgehead atoms.